The molecular formula is C36H30ClF6N7O4S. The summed E-state index contributed by atoms with van der Waals surface area (Å²) >= 11 is 6.56. The molecule has 7 rings (SSSR count). The van der Waals surface area contributed by atoms with Crippen LogP contribution < -0.4 is 10.0 Å². The summed E-state index contributed by atoms with van der Waals surface area (Å²) in [5, 5.41) is 20.9. The van der Waals surface area contributed by atoms with Gasteiger partial charge < -0.3 is 10.4 Å². The number of hydrogen-bond acceptors (Lipinski definition) is 7. The molecule has 3 N–H and O–H groups in total. The van der Waals surface area contributed by atoms with Crippen LogP contribution in [-0.4, -0.2) is 56.3 Å². The van der Waals surface area contributed by atoms with Crippen LogP contribution in [0, 0.1) is 29.4 Å². The predicted octanol–water partition coefficient (Wildman–Crippen LogP) is 6.11. The van der Waals surface area contributed by atoms with Gasteiger partial charge in [0.25, 0.3) is 12.3 Å². The minimum Gasteiger partial charge on any atom is -0.381 e. The number of rotatable bonds is 10. The molecule has 2 aliphatic carbocycles. The number of sulfonamides is 1. The molecule has 0 radical (unpaired) electrons. The van der Waals surface area contributed by atoms with Crippen LogP contribution in [0.25, 0.3) is 22.0 Å². The Hall–Kier alpha value is -5.12. The maximum absolute atomic E-state index is 15.3. The van der Waals surface area contributed by atoms with Crippen molar-refractivity contribution in [2.45, 2.75) is 56.7 Å². The molecule has 1 unspecified atom stereocenters. The van der Waals surface area contributed by atoms with Gasteiger partial charge in [0.15, 0.2) is 5.82 Å². The van der Waals surface area contributed by atoms with Crippen LogP contribution in [-0.2, 0) is 40.8 Å². The number of aryl methyl sites for hydroxylation is 1. The summed E-state index contributed by atoms with van der Waals surface area (Å²) in [4.78, 5) is 18.5. The van der Waals surface area contributed by atoms with Gasteiger partial charge in [0.1, 0.15) is 41.4 Å². The van der Waals surface area contributed by atoms with Gasteiger partial charge in [0.05, 0.1) is 33.9 Å². The highest BCUT2D eigenvalue weighted by molar-refractivity contribution is 7.92. The Balaban J connectivity index is 1.38. The Bertz CT molecular complexity index is 2550. The topological polar surface area (TPSA) is 144 Å². The molecule has 0 aliphatic heterocycles. The number of carbonyl (C=O) groups excluding carboxylic acids is 1. The second-order valence-electron chi connectivity index (χ2n) is 13.5. The number of aliphatic hydroxyl groups is 1. The van der Waals surface area contributed by atoms with Crippen molar-refractivity contribution in [3.05, 3.63) is 93.0 Å². The molecule has 1 fully saturated rings. The van der Waals surface area contributed by atoms with Crippen molar-refractivity contribution >= 4 is 44.3 Å². The van der Waals surface area contributed by atoms with Crippen molar-refractivity contribution in [3.63, 3.8) is 0 Å². The highest BCUT2D eigenvalue weighted by Gasteiger charge is 2.67. The molecule has 2 aromatic carbocycles. The van der Waals surface area contributed by atoms with Gasteiger partial charge in [-0.05, 0) is 67.5 Å². The van der Waals surface area contributed by atoms with E-state index in [4.69, 9.17) is 11.6 Å². The molecule has 1 saturated carbocycles. The summed E-state index contributed by atoms with van der Waals surface area (Å²) in [6.45, 7) is 0.500. The molecule has 55 heavy (non-hydrogen) atoms. The van der Waals surface area contributed by atoms with E-state index in [0.717, 1.165) is 18.4 Å². The van der Waals surface area contributed by atoms with E-state index in [9.17, 15) is 35.9 Å². The lowest BCUT2D eigenvalue weighted by atomic mass is 9.93. The van der Waals surface area contributed by atoms with Crippen LogP contribution in [0.15, 0.2) is 42.5 Å². The van der Waals surface area contributed by atoms with E-state index in [1.54, 1.807) is 12.1 Å². The van der Waals surface area contributed by atoms with Gasteiger partial charge in [-0.3, -0.25) is 18.9 Å². The molecule has 3 aromatic heterocycles. The number of nitrogens with one attached hydrogen (secondary N) is 2. The number of anilines is 1. The average Bonchev–Trinajstić information content (AvgIpc) is 3.62. The first-order chi connectivity index (χ1) is 25.8. The number of benzene rings is 2. The normalized spacial score (nSPS) is 18.0. The van der Waals surface area contributed by atoms with Gasteiger partial charge >= 0.3 is 0 Å². The second-order valence-corrected chi connectivity index (χ2v) is 15.7. The number of aliphatic hydroxyl groups excluding tert-OH is 1. The van der Waals surface area contributed by atoms with Gasteiger partial charge in [0.2, 0.25) is 15.9 Å². The van der Waals surface area contributed by atoms with Gasteiger partial charge in [-0.15, -0.1) is 0 Å². The summed E-state index contributed by atoms with van der Waals surface area (Å²) in [5.74, 6) is -3.12. The third-order valence-electron chi connectivity index (χ3n) is 9.33. The number of alkyl halides is 4. The van der Waals surface area contributed by atoms with E-state index in [1.807, 2.05) is 0 Å². The van der Waals surface area contributed by atoms with Crippen molar-refractivity contribution in [2.75, 3.05) is 11.0 Å². The summed E-state index contributed by atoms with van der Waals surface area (Å²) in [6, 6.07) is 7.47. The van der Waals surface area contributed by atoms with Crippen LogP contribution in [0.2, 0.25) is 5.02 Å². The van der Waals surface area contributed by atoms with E-state index >= 15 is 8.78 Å². The first-order valence-electron chi connectivity index (χ1n) is 16.7. The molecule has 288 valence electrons. The zero-order chi connectivity index (χ0) is 39.7. The molecule has 0 spiro atoms. The Morgan fingerprint density at radius 1 is 1.09 bits per heavy atom. The van der Waals surface area contributed by atoms with Crippen LogP contribution >= 0.6 is 11.6 Å². The number of amides is 1. The molecule has 0 bridgehead atoms. The quantitative estimate of drug-likeness (QED) is 0.114. The summed E-state index contributed by atoms with van der Waals surface area (Å²) in [7, 11) is -2.30. The molecule has 1 amide bonds. The average molecular weight is 806 g/mol. The first-order valence-corrected chi connectivity index (χ1v) is 18.9. The molecule has 3 heterocycles. The first kappa shape index (κ1) is 38.2. The van der Waals surface area contributed by atoms with Gasteiger partial charge in [-0.2, -0.15) is 19.0 Å². The monoisotopic (exact) mass is 805 g/mol. The molecule has 5 aromatic rings. The van der Waals surface area contributed by atoms with E-state index in [2.05, 4.69) is 37.1 Å². The van der Waals surface area contributed by atoms with Gasteiger partial charge in [-0.25, -0.2) is 31.0 Å². The number of aromatic nitrogens is 5. The second kappa shape index (κ2) is 13.9. The molecular weight excluding hydrogens is 776 g/mol. The van der Waals surface area contributed by atoms with Crippen molar-refractivity contribution in [2.24, 2.45) is 13.0 Å². The molecule has 2 aliphatic rings. The zero-order valence-corrected chi connectivity index (χ0v) is 30.6. The number of carbonyl (C=O) groups is 1. The number of pyridine rings is 1. The van der Waals surface area contributed by atoms with Crippen molar-refractivity contribution < 1.29 is 44.7 Å². The fourth-order valence-corrected chi connectivity index (χ4v) is 7.93. The number of fused-ring (bicyclic) bond motifs is 4. The fraction of sp³-hybridized carbons (Fsp3) is 0.333. The Labute approximate surface area is 314 Å². The number of nitrogens with zero attached hydrogens (tertiary/aromatic N) is 5. The van der Waals surface area contributed by atoms with E-state index in [1.165, 1.54) is 30.8 Å². The fourth-order valence-electron chi connectivity index (χ4n) is 7.19. The highest BCUT2D eigenvalue weighted by Crippen LogP contribution is 2.68. The lowest BCUT2D eigenvalue weighted by Crippen LogP contribution is -2.35. The number of hydrogen-bond donors (Lipinski definition) is 3. The lowest BCUT2D eigenvalue weighted by Gasteiger charge is -2.23. The van der Waals surface area contributed by atoms with E-state index < -0.39 is 81.8 Å². The van der Waals surface area contributed by atoms with Gasteiger partial charge in [-0.1, -0.05) is 23.6 Å². The van der Waals surface area contributed by atoms with Crippen molar-refractivity contribution in [1.29, 1.82) is 0 Å². The van der Waals surface area contributed by atoms with Crippen LogP contribution in [0.5, 0.6) is 0 Å². The Morgan fingerprint density at radius 3 is 2.44 bits per heavy atom. The van der Waals surface area contributed by atoms with Crippen LogP contribution in [0.1, 0.15) is 65.6 Å². The van der Waals surface area contributed by atoms with E-state index in [0.29, 0.717) is 21.8 Å². The predicted molar refractivity (Wildman–Crippen MR) is 189 cm³/mol. The maximum atomic E-state index is 15.3. The zero-order valence-electron chi connectivity index (χ0n) is 29.0. The number of halogens is 7. The van der Waals surface area contributed by atoms with E-state index in [-0.39, 0.29) is 57.1 Å². The highest BCUT2D eigenvalue weighted by atomic mass is 35.5. The summed E-state index contributed by atoms with van der Waals surface area (Å²) < 4.78 is 116. The smallest absolute Gasteiger partial charge is 0.293 e. The third-order valence-corrected chi connectivity index (χ3v) is 10.2. The Morgan fingerprint density at radius 2 is 1.78 bits per heavy atom. The Kier molecular flexibility index (Phi) is 9.63. The van der Waals surface area contributed by atoms with Crippen LogP contribution in [0.4, 0.5) is 32.2 Å². The largest absolute Gasteiger partial charge is 0.381 e. The van der Waals surface area contributed by atoms with Gasteiger partial charge in [0, 0.05) is 35.7 Å². The third kappa shape index (κ3) is 7.35. The standard InChI is InChI=1S/C36H30ClF6N7O4S/c1-16(51)4-5-20-6-7-21(22-8-9-25(37)29-32(22)49(2)47-35(29)48-55(3,53)54)30(44-20)26(12-17-10-18(38)13-19(39)11-17)45-27(52)15-50-33-28(31(46-50)34(40)41)23-14-24(23)36(33,42)43/h6-11,13,16,23-24,26,34,51H,12,14-15H2,1-3H3,(H,45,52)(H,47,48)/t16-,23+,24?,26+/m1/s1. The summed E-state index contributed by atoms with van der Waals surface area (Å²) in [6.07, 6.45) is -3.63. The molecule has 19 heteroatoms. The lowest BCUT2D eigenvalue weighted by molar-refractivity contribution is -0.123. The summed E-state index contributed by atoms with van der Waals surface area (Å²) in [5.41, 5.74) is -0.743. The minimum atomic E-state index is -3.82. The molecule has 0 saturated heterocycles. The van der Waals surface area contributed by atoms with Crippen molar-refractivity contribution in [3.8, 4) is 23.0 Å². The minimum absolute atomic E-state index is 0.0209. The van der Waals surface area contributed by atoms with Crippen LogP contribution in [0.3, 0.4) is 0 Å². The molecule has 4 atom stereocenters. The maximum Gasteiger partial charge on any atom is 0.293 e. The van der Waals surface area contributed by atoms with Crippen molar-refractivity contribution in [1.82, 2.24) is 29.9 Å². The molecule has 11 nitrogen and oxygen atoms in total. The SMILES string of the molecule is C[C@@H](O)C#Cc1ccc(-c2ccc(Cl)c3c(NS(C)(=O)=O)nn(C)c23)c([C@H](Cc2cc(F)cc(F)c2)NC(=O)Cn2nc(C(F)F)c3c2C(F)(F)C2C[C@H]32)n1.